The number of carbonyl (C=O) groups is 1. The second-order valence-electron chi connectivity index (χ2n) is 5.38. The van der Waals surface area contributed by atoms with Crippen LogP contribution < -0.4 is 11.3 Å². The van der Waals surface area contributed by atoms with E-state index in [4.69, 9.17) is 11.0 Å². The summed E-state index contributed by atoms with van der Waals surface area (Å²) >= 11 is 0. The quantitative estimate of drug-likeness (QED) is 0.935. The number of hydrogen-bond acceptors (Lipinski definition) is 3. The topological polar surface area (TPSA) is 88.9 Å². The van der Waals surface area contributed by atoms with E-state index in [1.165, 1.54) is 16.2 Å². The smallest absolute Gasteiger partial charge is 0.269 e. The standard InChI is InChI=1S/C17H17N3O2/c1-11(2)12-3-5-13(6-4-12)15-8-7-14(9-18)17(22)20(15)10-16(19)21/h3-8,11H,10H2,1-2H3,(H2,19,21). The molecule has 0 atom stereocenters. The van der Waals surface area contributed by atoms with Gasteiger partial charge in [0.05, 0.1) is 5.69 Å². The highest BCUT2D eigenvalue weighted by Crippen LogP contribution is 2.22. The lowest BCUT2D eigenvalue weighted by molar-refractivity contribution is -0.118. The summed E-state index contributed by atoms with van der Waals surface area (Å²) in [5.41, 5.74) is 7.24. The van der Waals surface area contributed by atoms with Crippen LogP contribution in [0.5, 0.6) is 0 Å². The molecule has 22 heavy (non-hydrogen) atoms. The largest absolute Gasteiger partial charge is 0.368 e. The van der Waals surface area contributed by atoms with Crippen LogP contribution >= 0.6 is 0 Å². The normalized spacial score (nSPS) is 10.5. The van der Waals surface area contributed by atoms with Gasteiger partial charge >= 0.3 is 0 Å². The first-order chi connectivity index (χ1) is 10.4. The lowest BCUT2D eigenvalue weighted by Crippen LogP contribution is -2.30. The van der Waals surface area contributed by atoms with Gasteiger partial charge in [0.1, 0.15) is 18.2 Å². The van der Waals surface area contributed by atoms with Crippen molar-refractivity contribution in [2.45, 2.75) is 26.3 Å². The summed E-state index contributed by atoms with van der Waals surface area (Å²) in [7, 11) is 0. The molecule has 5 heteroatoms. The second kappa shape index (κ2) is 6.27. The van der Waals surface area contributed by atoms with Crippen LogP contribution in [0, 0.1) is 11.3 Å². The number of aromatic nitrogens is 1. The zero-order valence-electron chi connectivity index (χ0n) is 12.5. The van der Waals surface area contributed by atoms with Gasteiger partial charge in [-0.25, -0.2) is 0 Å². The van der Waals surface area contributed by atoms with Crippen LogP contribution in [0.15, 0.2) is 41.2 Å². The molecule has 0 saturated heterocycles. The van der Waals surface area contributed by atoms with Crippen molar-refractivity contribution in [2.75, 3.05) is 0 Å². The van der Waals surface area contributed by atoms with Gasteiger partial charge in [-0.2, -0.15) is 5.26 Å². The Kier molecular flexibility index (Phi) is 4.42. The number of carbonyl (C=O) groups excluding carboxylic acids is 1. The van der Waals surface area contributed by atoms with Gasteiger partial charge in [-0.1, -0.05) is 38.1 Å². The molecule has 0 aliphatic heterocycles. The third-order valence-corrected chi connectivity index (χ3v) is 3.48. The zero-order chi connectivity index (χ0) is 16.3. The maximum atomic E-state index is 12.2. The highest BCUT2D eigenvalue weighted by molar-refractivity contribution is 5.75. The van der Waals surface area contributed by atoms with Crippen molar-refractivity contribution in [3.05, 3.63) is 57.9 Å². The van der Waals surface area contributed by atoms with Crippen molar-refractivity contribution in [1.29, 1.82) is 5.26 Å². The minimum Gasteiger partial charge on any atom is -0.368 e. The van der Waals surface area contributed by atoms with Crippen LogP contribution in [0.3, 0.4) is 0 Å². The van der Waals surface area contributed by atoms with E-state index < -0.39 is 11.5 Å². The van der Waals surface area contributed by atoms with Crippen molar-refractivity contribution in [3.63, 3.8) is 0 Å². The Balaban J connectivity index is 2.59. The van der Waals surface area contributed by atoms with Crippen LogP contribution in [-0.4, -0.2) is 10.5 Å². The second-order valence-corrected chi connectivity index (χ2v) is 5.38. The Morgan fingerprint density at radius 1 is 1.23 bits per heavy atom. The van der Waals surface area contributed by atoms with Gasteiger partial charge < -0.3 is 5.73 Å². The number of benzene rings is 1. The van der Waals surface area contributed by atoms with Gasteiger partial charge in [0.25, 0.3) is 5.56 Å². The maximum Gasteiger partial charge on any atom is 0.269 e. The minimum atomic E-state index is -0.628. The molecule has 1 aromatic heterocycles. The average Bonchev–Trinajstić information content (AvgIpc) is 2.49. The molecule has 0 aliphatic carbocycles. The van der Waals surface area contributed by atoms with Gasteiger partial charge in [-0.3, -0.25) is 14.2 Å². The molecule has 0 radical (unpaired) electrons. The van der Waals surface area contributed by atoms with Gasteiger partial charge in [-0.05, 0) is 29.2 Å². The molecule has 0 spiro atoms. The summed E-state index contributed by atoms with van der Waals surface area (Å²) in [6.45, 7) is 3.94. The Morgan fingerprint density at radius 3 is 2.36 bits per heavy atom. The van der Waals surface area contributed by atoms with Crippen LogP contribution in [0.1, 0.15) is 30.9 Å². The zero-order valence-corrected chi connectivity index (χ0v) is 12.5. The van der Waals surface area contributed by atoms with Gasteiger partial charge in [0, 0.05) is 0 Å². The molecule has 2 rings (SSSR count). The number of primary amides is 1. The summed E-state index contributed by atoms with van der Waals surface area (Å²) in [4.78, 5) is 23.5. The summed E-state index contributed by atoms with van der Waals surface area (Å²) in [5, 5.41) is 8.96. The van der Waals surface area contributed by atoms with Crippen LogP contribution in [0.25, 0.3) is 11.3 Å². The summed E-state index contributed by atoms with van der Waals surface area (Å²) in [6.07, 6.45) is 0. The number of amides is 1. The minimum absolute atomic E-state index is 0.0104. The first-order valence-electron chi connectivity index (χ1n) is 6.96. The predicted molar refractivity (Wildman–Crippen MR) is 84.1 cm³/mol. The molecule has 5 nitrogen and oxygen atoms in total. The fourth-order valence-electron chi connectivity index (χ4n) is 2.27. The Bertz CT molecular complexity index is 796. The molecule has 1 heterocycles. The third-order valence-electron chi connectivity index (χ3n) is 3.48. The van der Waals surface area contributed by atoms with E-state index in [2.05, 4.69) is 13.8 Å². The van der Waals surface area contributed by atoms with E-state index in [-0.39, 0.29) is 12.1 Å². The van der Waals surface area contributed by atoms with Gasteiger partial charge in [0.15, 0.2) is 0 Å². The Labute approximate surface area is 128 Å². The Hall–Kier alpha value is -2.87. The number of pyridine rings is 1. The van der Waals surface area contributed by atoms with E-state index in [0.717, 1.165) is 5.56 Å². The molecule has 1 amide bonds. The van der Waals surface area contributed by atoms with E-state index in [0.29, 0.717) is 11.6 Å². The maximum absolute atomic E-state index is 12.2. The number of nitrogens with two attached hydrogens (primary N) is 1. The third kappa shape index (κ3) is 3.07. The summed E-state index contributed by atoms with van der Waals surface area (Å²) in [6, 6.07) is 12.7. The Morgan fingerprint density at radius 2 is 1.86 bits per heavy atom. The van der Waals surface area contributed by atoms with E-state index in [1.54, 1.807) is 6.07 Å². The van der Waals surface area contributed by atoms with Crippen LogP contribution in [0.4, 0.5) is 0 Å². The van der Waals surface area contributed by atoms with Crippen molar-refractivity contribution >= 4 is 5.91 Å². The first-order valence-corrected chi connectivity index (χ1v) is 6.96. The van der Waals surface area contributed by atoms with E-state index in [1.807, 2.05) is 30.3 Å². The molecular weight excluding hydrogens is 278 g/mol. The molecule has 0 unspecified atom stereocenters. The van der Waals surface area contributed by atoms with Crippen molar-refractivity contribution < 1.29 is 4.79 Å². The monoisotopic (exact) mass is 295 g/mol. The fourth-order valence-corrected chi connectivity index (χ4v) is 2.27. The lowest BCUT2D eigenvalue weighted by Gasteiger charge is -2.13. The molecule has 2 N–H and O–H groups in total. The molecule has 2 aromatic rings. The van der Waals surface area contributed by atoms with Crippen molar-refractivity contribution in [1.82, 2.24) is 4.57 Å². The molecule has 0 fully saturated rings. The van der Waals surface area contributed by atoms with E-state index in [9.17, 15) is 9.59 Å². The molecule has 0 bridgehead atoms. The highest BCUT2D eigenvalue weighted by Gasteiger charge is 2.12. The lowest BCUT2D eigenvalue weighted by atomic mass is 10.0. The van der Waals surface area contributed by atoms with Crippen molar-refractivity contribution in [3.8, 4) is 17.3 Å². The van der Waals surface area contributed by atoms with Crippen LogP contribution in [0.2, 0.25) is 0 Å². The summed E-state index contributed by atoms with van der Waals surface area (Å²) in [5.74, 6) is -0.222. The van der Waals surface area contributed by atoms with Gasteiger partial charge in [0.2, 0.25) is 5.91 Å². The molecule has 0 aliphatic rings. The molecule has 1 aromatic carbocycles. The molecule has 112 valence electrons. The highest BCUT2D eigenvalue weighted by atomic mass is 16.2. The van der Waals surface area contributed by atoms with E-state index >= 15 is 0 Å². The number of hydrogen-bond donors (Lipinski definition) is 1. The van der Waals surface area contributed by atoms with Gasteiger partial charge in [-0.15, -0.1) is 0 Å². The van der Waals surface area contributed by atoms with Crippen molar-refractivity contribution in [2.24, 2.45) is 5.73 Å². The number of rotatable bonds is 4. The summed E-state index contributed by atoms with van der Waals surface area (Å²) < 4.78 is 1.24. The number of nitrogens with zero attached hydrogens (tertiary/aromatic N) is 2. The predicted octanol–water partition coefficient (Wildman–Crippen LogP) is 2.00. The molecule has 0 saturated carbocycles. The first kappa shape index (κ1) is 15.5. The van der Waals surface area contributed by atoms with Crippen LogP contribution in [-0.2, 0) is 11.3 Å². The fraction of sp³-hybridized carbons (Fsp3) is 0.235. The number of nitriles is 1. The average molecular weight is 295 g/mol. The molecular formula is C17H17N3O2. The SMILES string of the molecule is CC(C)c1ccc(-c2ccc(C#N)c(=O)n2CC(N)=O)cc1.